The Morgan fingerprint density at radius 1 is 1.09 bits per heavy atom. The van der Waals surface area contributed by atoms with Crippen LogP contribution in [0.5, 0.6) is 0 Å². The number of carbonyl (C=O) groups excluding carboxylic acids is 1. The molecule has 1 aromatic carbocycles. The summed E-state index contributed by atoms with van der Waals surface area (Å²) in [6, 6.07) is 9.15. The van der Waals surface area contributed by atoms with E-state index in [1.807, 2.05) is 44.2 Å². The molecule has 0 amide bonds. The third-order valence-electron chi connectivity index (χ3n) is 3.54. The average molecular weight is 315 g/mol. The molecule has 1 heterocycles. The summed E-state index contributed by atoms with van der Waals surface area (Å²) in [6.07, 6.45) is 0.965. The van der Waals surface area contributed by atoms with Crippen molar-refractivity contribution in [3.63, 3.8) is 0 Å². The predicted molar refractivity (Wildman–Crippen MR) is 88.7 cm³/mol. The zero-order valence-corrected chi connectivity index (χ0v) is 13.4. The predicted octanol–water partition coefficient (Wildman–Crippen LogP) is 3.64. The number of aryl methyl sites for hydroxylation is 1. The molecule has 0 aliphatic carbocycles. The summed E-state index contributed by atoms with van der Waals surface area (Å²) in [5.41, 5.74) is 2.62. The second kappa shape index (κ2) is 6.75. The maximum atomic E-state index is 11.9. The quantitative estimate of drug-likeness (QED) is 0.827. The number of thiol groups is 1. The Labute approximate surface area is 134 Å². The van der Waals surface area contributed by atoms with Crippen molar-refractivity contribution in [2.24, 2.45) is 0 Å². The van der Waals surface area contributed by atoms with Crippen LogP contribution in [0.4, 0.5) is 0 Å². The molecular weight excluding hydrogens is 298 g/mol. The van der Waals surface area contributed by atoms with Gasteiger partial charge in [-0.15, -0.1) is 12.6 Å². The highest BCUT2D eigenvalue weighted by Gasteiger charge is 2.25. The van der Waals surface area contributed by atoms with Gasteiger partial charge in [-0.1, -0.05) is 44.2 Å². The van der Waals surface area contributed by atoms with Gasteiger partial charge >= 0.3 is 5.97 Å². The van der Waals surface area contributed by atoms with Crippen LogP contribution in [0.25, 0.3) is 11.3 Å². The highest BCUT2D eigenvalue weighted by molar-refractivity contribution is 7.97. The topological polar surface area (TPSA) is 67.3 Å². The van der Waals surface area contributed by atoms with Crippen LogP contribution in [0.3, 0.4) is 0 Å². The van der Waals surface area contributed by atoms with Gasteiger partial charge in [0.1, 0.15) is 0 Å². The summed E-state index contributed by atoms with van der Waals surface area (Å²) in [5.74, 6) is -1.08. The van der Waals surface area contributed by atoms with Gasteiger partial charge in [0.25, 0.3) is 0 Å². The lowest BCUT2D eigenvalue weighted by Crippen LogP contribution is -2.15. The largest absolute Gasteiger partial charge is 0.478 e. The summed E-state index contributed by atoms with van der Waals surface area (Å²) in [7, 11) is 0. The molecule has 1 N–H and O–H groups in total. The minimum Gasteiger partial charge on any atom is -0.478 e. The molecular formula is C17H17NO3S. The minimum absolute atomic E-state index is 0.0864. The van der Waals surface area contributed by atoms with Crippen LogP contribution in [0.2, 0.25) is 0 Å². The fraction of sp³-hybridized carbons (Fsp3) is 0.235. The molecule has 0 aliphatic rings. The Morgan fingerprint density at radius 2 is 1.73 bits per heavy atom. The van der Waals surface area contributed by atoms with Gasteiger partial charge in [0, 0.05) is 5.56 Å². The molecule has 0 saturated carbocycles. The number of pyridine rings is 1. The summed E-state index contributed by atoms with van der Waals surface area (Å²) in [6.45, 7) is 3.72. The molecule has 0 bridgehead atoms. The first-order chi connectivity index (χ1) is 10.5. The number of carbonyl (C=O) groups is 2. The van der Waals surface area contributed by atoms with Crippen LogP contribution in [0.15, 0.2) is 30.3 Å². The summed E-state index contributed by atoms with van der Waals surface area (Å²) < 4.78 is 0. The van der Waals surface area contributed by atoms with E-state index in [1.54, 1.807) is 0 Å². The van der Waals surface area contributed by atoms with Crippen LogP contribution in [-0.4, -0.2) is 21.2 Å². The Kier molecular flexibility index (Phi) is 4.98. The van der Waals surface area contributed by atoms with E-state index < -0.39 is 11.1 Å². The van der Waals surface area contributed by atoms with E-state index >= 15 is 0 Å². The molecule has 0 atom stereocenters. The highest BCUT2D eigenvalue weighted by Crippen LogP contribution is 2.30. The first kappa shape index (κ1) is 16.2. The molecule has 0 spiro atoms. The van der Waals surface area contributed by atoms with E-state index in [4.69, 9.17) is 0 Å². The molecule has 2 aromatic rings. The van der Waals surface area contributed by atoms with E-state index in [1.165, 1.54) is 0 Å². The highest BCUT2D eigenvalue weighted by atomic mass is 32.1. The number of aromatic carboxylic acids is 1. The van der Waals surface area contributed by atoms with Gasteiger partial charge in [-0.05, 0) is 18.4 Å². The Balaban J connectivity index is 2.90. The smallest absolute Gasteiger partial charge is 0.338 e. The zero-order chi connectivity index (χ0) is 16.3. The lowest BCUT2D eigenvalue weighted by atomic mass is 9.93. The maximum absolute atomic E-state index is 11.9. The van der Waals surface area contributed by atoms with Crippen LogP contribution in [0, 0.1) is 0 Å². The first-order valence-electron chi connectivity index (χ1n) is 7.08. The van der Waals surface area contributed by atoms with Gasteiger partial charge in [0.05, 0.1) is 22.5 Å². The Bertz CT molecular complexity index is 726. The second-order valence-electron chi connectivity index (χ2n) is 4.82. The zero-order valence-electron chi connectivity index (χ0n) is 12.5. The van der Waals surface area contributed by atoms with Gasteiger partial charge in [-0.25, -0.2) is 4.79 Å². The molecule has 5 heteroatoms. The van der Waals surface area contributed by atoms with Crippen molar-refractivity contribution in [1.29, 1.82) is 0 Å². The summed E-state index contributed by atoms with van der Waals surface area (Å²) in [4.78, 5) is 28.1. The lowest BCUT2D eigenvalue weighted by Gasteiger charge is -2.16. The Hall–Kier alpha value is -2.14. The number of hydrogen-bond acceptors (Lipinski definition) is 3. The van der Waals surface area contributed by atoms with Gasteiger partial charge in [0.2, 0.25) is 5.12 Å². The molecule has 0 unspecified atom stereocenters. The maximum Gasteiger partial charge on any atom is 0.338 e. The number of aromatic nitrogens is 1. The number of hydrogen-bond donors (Lipinski definition) is 2. The van der Waals surface area contributed by atoms with E-state index in [0.717, 1.165) is 5.56 Å². The van der Waals surface area contributed by atoms with E-state index in [0.29, 0.717) is 35.4 Å². The standard InChI is InChI=1S/C17H17NO3S/c1-3-11-13(17(21)22)12(4-2)18-15(14(11)16(19)20)10-8-6-5-7-9-10/h5-9H,3-4H2,1-2H3,(H,19,20)(H,21,22). The number of nitrogens with zero attached hydrogens (tertiary/aromatic N) is 1. The van der Waals surface area contributed by atoms with E-state index in [-0.39, 0.29) is 5.56 Å². The summed E-state index contributed by atoms with van der Waals surface area (Å²) in [5, 5.41) is 9.19. The van der Waals surface area contributed by atoms with Crippen molar-refractivity contribution in [3.05, 3.63) is 52.7 Å². The van der Waals surface area contributed by atoms with Crippen molar-refractivity contribution in [1.82, 2.24) is 4.98 Å². The number of carboxylic acid groups (broad SMARTS) is 1. The van der Waals surface area contributed by atoms with Crippen LogP contribution >= 0.6 is 12.6 Å². The van der Waals surface area contributed by atoms with Crippen molar-refractivity contribution < 1.29 is 14.7 Å². The molecule has 0 saturated heterocycles. The van der Waals surface area contributed by atoms with Crippen LogP contribution < -0.4 is 0 Å². The van der Waals surface area contributed by atoms with E-state index in [9.17, 15) is 14.7 Å². The fourth-order valence-electron chi connectivity index (χ4n) is 2.59. The summed E-state index contributed by atoms with van der Waals surface area (Å²) >= 11 is 3.90. The number of benzene rings is 1. The molecule has 1 aromatic heterocycles. The molecule has 22 heavy (non-hydrogen) atoms. The number of carboxylic acids is 1. The van der Waals surface area contributed by atoms with Crippen molar-refractivity contribution in [2.75, 3.05) is 0 Å². The lowest BCUT2D eigenvalue weighted by molar-refractivity contribution is 0.0696. The molecule has 0 fully saturated rings. The van der Waals surface area contributed by atoms with Gasteiger partial charge < -0.3 is 5.11 Å². The second-order valence-corrected chi connectivity index (χ2v) is 5.23. The van der Waals surface area contributed by atoms with Crippen LogP contribution in [-0.2, 0) is 12.8 Å². The number of rotatable bonds is 5. The third kappa shape index (κ3) is 2.90. The van der Waals surface area contributed by atoms with Crippen molar-refractivity contribution in [2.45, 2.75) is 26.7 Å². The normalized spacial score (nSPS) is 10.5. The molecule has 0 radical (unpaired) electrons. The fourth-order valence-corrected chi connectivity index (χ4v) is 2.85. The monoisotopic (exact) mass is 315 g/mol. The molecule has 0 aliphatic heterocycles. The van der Waals surface area contributed by atoms with Gasteiger partial charge in [-0.3, -0.25) is 9.78 Å². The minimum atomic E-state index is -1.08. The Morgan fingerprint density at radius 3 is 2.18 bits per heavy atom. The van der Waals surface area contributed by atoms with Crippen molar-refractivity contribution in [3.8, 4) is 11.3 Å². The van der Waals surface area contributed by atoms with Gasteiger partial charge in [-0.2, -0.15) is 0 Å². The molecule has 4 nitrogen and oxygen atoms in total. The van der Waals surface area contributed by atoms with Crippen molar-refractivity contribution >= 4 is 23.7 Å². The van der Waals surface area contributed by atoms with Crippen LogP contribution in [0.1, 0.15) is 45.8 Å². The third-order valence-corrected chi connectivity index (χ3v) is 3.76. The molecule has 2 rings (SSSR count). The van der Waals surface area contributed by atoms with Gasteiger partial charge in [0.15, 0.2) is 0 Å². The molecule has 114 valence electrons. The van der Waals surface area contributed by atoms with E-state index in [2.05, 4.69) is 17.6 Å². The average Bonchev–Trinajstić information content (AvgIpc) is 2.52. The first-order valence-corrected chi connectivity index (χ1v) is 7.53. The SMILES string of the molecule is CCc1nc(-c2ccccc2)c(C(=O)O)c(CC)c1C(=O)S.